The number of fused-ring (bicyclic) bond motifs is 1. The van der Waals surface area contributed by atoms with E-state index in [4.69, 9.17) is 16.6 Å². The lowest BCUT2D eigenvalue weighted by molar-refractivity contribution is 0.0678. The van der Waals surface area contributed by atoms with Gasteiger partial charge < -0.3 is 4.90 Å². The molecule has 0 bridgehead atoms. The largest absolute Gasteiger partial charge is 0.331 e. The number of hydrogen-bond acceptors (Lipinski definition) is 4. The molecule has 1 amide bonds. The fourth-order valence-electron chi connectivity index (χ4n) is 4.20. The number of hydrogen-bond donors (Lipinski definition) is 0. The second kappa shape index (κ2) is 10.4. The molecule has 174 valence electrons. The van der Waals surface area contributed by atoms with Crippen LogP contribution < -0.4 is 0 Å². The second-order valence-electron chi connectivity index (χ2n) is 8.48. The van der Waals surface area contributed by atoms with Crippen molar-refractivity contribution in [2.45, 2.75) is 25.9 Å². The lowest BCUT2D eigenvalue weighted by Crippen LogP contribution is -2.39. The third-order valence-electron chi connectivity index (χ3n) is 6.01. The van der Waals surface area contributed by atoms with Gasteiger partial charge in [-0.3, -0.25) is 9.78 Å². The predicted molar refractivity (Wildman–Crippen MR) is 144 cm³/mol. The van der Waals surface area contributed by atoms with Crippen molar-refractivity contribution in [3.8, 4) is 11.4 Å². The van der Waals surface area contributed by atoms with Gasteiger partial charge in [-0.2, -0.15) is 0 Å². The first kappa shape index (κ1) is 23.2. The number of carbonyl (C=O) groups excluding carboxylic acids is 1. The standard InChI is InChI=1S/C29H24ClN3OS/c1-20(17-23-7-6-16-35-23)33(19-21-11-13-22(30)14-12-21)29(34)25-18-28(27-10-4-5-15-31-27)32-26-9-3-2-8-24(25)26/h2-16,18,20H,17,19H2,1H3. The second-order valence-corrected chi connectivity index (χ2v) is 9.95. The number of thiophene rings is 1. The Labute approximate surface area is 213 Å². The lowest BCUT2D eigenvalue weighted by atomic mass is 10.0. The predicted octanol–water partition coefficient (Wildman–Crippen LogP) is 7.29. The molecule has 0 aliphatic carbocycles. The molecule has 1 unspecified atom stereocenters. The van der Waals surface area contributed by atoms with E-state index in [-0.39, 0.29) is 11.9 Å². The van der Waals surface area contributed by atoms with Gasteiger partial charge in [0, 0.05) is 40.5 Å². The van der Waals surface area contributed by atoms with E-state index in [1.807, 2.05) is 83.8 Å². The highest BCUT2D eigenvalue weighted by Gasteiger charge is 2.25. The van der Waals surface area contributed by atoms with Gasteiger partial charge >= 0.3 is 0 Å². The molecule has 35 heavy (non-hydrogen) atoms. The van der Waals surface area contributed by atoms with Crippen LogP contribution in [0.15, 0.2) is 96.5 Å². The van der Waals surface area contributed by atoms with Crippen molar-refractivity contribution in [2.24, 2.45) is 0 Å². The molecule has 0 N–H and O–H groups in total. The van der Waals surface area contributed by atoms with E-state index in [9.17, 15) is 4.79 Å². The van der Waals surface area contributed by atoms with Gasteiger partial charge in [0.1, 0.15) is 0 Å². The fourth-order valence-corrected chi connectivity index (χ4v) is 5.15. The average Bonchev–Trinajstić information content (AvgIpc) is 3.41. The molecule has 0 fully saturated rings. The zero-order valence-electron chi connectivity index (χ0n) is 19.3. The number of para-hydroxylation sites is 1. The summed E-state index contributed by atoms with van der Waals surface area (Å²) in [6.45, 7) is 2.59. The molecular formula is C29H24ClN3OS. The number of benzene rings is 2. The molecule has 3 aromatic heterocycles. The quantitative estimate of drug-likeness (QED) is 0.237. The van der Waals surface area contributed by atoms with Gasteiger partial charge in [0.05, 0.1) is 22.5 Å². The Balaban J connectivity index is 1.58. The first-order valence-electron chi connectivity index (χ1n) is 11.5. The molecule has 0 saturated heterocycles. The molecular weight excluding hydrogens is 474 g/mol. The maximum Gasteiger partial charge on any atom is 0.255 e. The van der Waals surface area contributed by atoms with Crippen LogP contribution in [0.4, 0.5) is 0 Å². The SMILES string of the molecule is CC(Cc1cccs1)N(Cc1ccc(Cl)cc1)C(=O)c1cc(-c2ccccn2)nc2ccccc12. The van der Waals surface area contributed by atoms with Crippen molar-refractivity contribution in [1.29, 1.82) is 0 Å². The summed E-state index contributed by atoms with van der Waals surface area (Å²) in [5, 5.41) is 3.59. The molecule has 0 saturated carbocycles. The summed E-state index contributed by atoms with van der Waals surface area (Å²) in [4.78, 5) is 26.7. The minimum Gasteiger partial charge on any atom is -0.331 e. The Bertz CT molecular complexity index is 1440. The number of rotatable bonds is 7. The van der Waals surface area contributed by atoms with Crippen LogP contribution >= 0.6 is 22.9 Å². The molecule has 0 aliphatic rings. The molecule has 0 spiro atoms. The zero-order valence-corrected chi connectivity index (χ0v) is 20.8. The molecule has 0 radical (unpaired) electrons. The van der Waals surface area contributed by atoms with Crippen LogP contribution in [0.2, 0.25) is 5.02 Å². The molecule has 4 nitrogen and oxygen atoms in total. The van der Waals surface area contributed by atoms with E-state index in [0.717, 1.165) is 28.6 Å². The highest BCUT2D eigenvalue weighted by Crippen LogP contribution is 2.27. The highest BCUT2D eigenvalue weighted by molar-refractivity contribution is 7.09. The molecule has 5 rings (SSSR count). The minimum atomic E-state index is -0.0280. The summed E-state index contributed by atoms with van der Waals surface area (Å²) in [7, 11) is 0. The van der Waals surface area contributed by atoms with Gasteiger partial charge in [-0.05, 0) is 60.3 Å². The van der Waals surface area contributed by atoms with Crippen molar-refractivity contribution in [2.75, 3.05) is 0 Å². The van der Waals surface area contributed by atoms with Gasteiger partial charge in [-0.1, -0.05) is 54.1 Å². The monoisotopic (exact) mass is 497 g/mol. The lowest BCUT2D eigenvalue weighted by Gasteiger charge is -2.30. The van der Waals surface area contributed by atoms with Crippen LogP contribution in [-0.4, -0.2) is 26.8 Å². The van der Waals surface area contributed by atoms with Crippen LogP contribution in [0.3, 0.4) is 0 Å². The first-order chi connectivity index (χ1) is 17.1. The number of carbonyl (C=O) groups is 1. The van der Waals surface area contributed by atoms with Crippen molar-refractivity contribution < 1.29 is 4.79 Å². The van der Waals surface area contributed by atoms with Crippen LogP contribution in [0.5, 0.6) is 0 Å². The summed E-state index contributed by atoms with van der Waals surface area (Å²) in [6.07, 6.45) is 2.52. The zero-order chi connectivity index (χ0) is 24.2. The summed E-state index contributed by atoms with van der Waals surface area (Å²) in [6, 6.07) is 27.2. The number of aromatic nitrogens is 2. The van der Waals surface area contributed by atoms with E-state index < -0.39 is 0 Å². The van der Waals surface area contributed by atoms with Crippen molar-refractivity contribution in [1.82, 2.24) is 14.9 Å². The molecule has 5 aromatic rings. The molecule has 1 atom stereocenters. The van der Waals surface area contributed by atoms with Gasteiger partial charge in [-0.15, -0.1) is 11.3 Å². The number of amides is 1. The summed E-state index contributed by atoms with van der Waals surface area (Å²) < 4.78 is 0. The molecule has 6 heteroatoms. The number of nitrogens with zero attached hydrogens (tertiary/aromatic N) is 3. The first-order valence-corrected chi connectivity index (χ1v) is 12.7. The highest BCUT2D eigenvalue weighted by atomic mass is 35.5. The fraction of sp³-hybridized carbons (Fsp3) is 0.138. The van der Waals surface area contributed by atoms with E-state index in [1.165, 1.54) is 4.88 Å². The van der Waals surface area contributed by atoms with Crippen LogP contribution in [-0.2, 0) is 13.0 Å². The van der Waals surface area contributed by atoms with E-state index in [0.29, 0.717) is 22.8 Å². The van der Waals surface area contributed by atoms with Gasteiger partial charge in [0.25, 0.3) is 5.91 Å². The topological polar surface area (TPSA) is 46.1 Å². The van der Waals surface area contributed by atoms with E-state index in [1.54, 1.807) is 17.5 Å². The summed E-state index contributed by atoms with van der Waals surface area (Å²) >= 11 is 7.83. The maximum atomic E-state index is 14.2. The third-order valence-corrected chi connectivity index (χ3v) is 7.16. The Morgan fingerprint density at radius 3 is 2.51 bits per heavy atom. The summed E-state index contributed by atoms with van der Waals surface area (Å²) in [5.74, 6) is -0.0280. The van der Waals surface area contributed by atoms with Crippen LogP contribution in [0.1, 0.15) is 27.7 Å². The minimum absolute atomic E-state index is 0.0120. The van der Waals surface area contributed by atoms with Crippen LogP contribution in [0.25, 0.3) is 22.3 Å². The van der Waals surface area contributed by atoms with Crippen molar-refractivity contribution in [3.63, 3.8) is 0 Å². The van der Waals surface area contributed by atoms with Crippen molar-refractivity contribution in [3.05, 3.63) is 118 Å². The van der Waals surface area contributed by atoms with Gasteiger partial charge in [0.15, 0.2) is 0 Å². The summed E-state index contributed by atoms with van der Waals surface area (Å²) in [5.41, 5.74) is 3.86. The van der Waals surface area contributed by atoms with Gasteiger partial charge in [0.2, 0.25) is 0 Å². The van der Waals surface area contributed by atoms with Crippen molar-refractivity contribution >= 4 is 39.7 Å². The average molecular weight is 498 g/mol. The maximum absolute atomic E-state index is 14.2. The Morgan fingerprint density at radius 1 is 0.971 bits per heavy atom. The Kier molecular flexibility index (Phi) is 6.89. The van der Waals surface area contributed by atoms with E-state index >= 15 is 0 Å². The van der Waals surface area contributed by atoms with Crippen LogP contribution in [0, 0.1) is 0 Å². The molecule has 0 aliphatic heterocycles. The smallest absolute Gasteiger partial charge is 0.255 e. The Hall–Kier alpha value is -3.54. The van der Waals surface area contributed by atoms with Gasteiger partial charge in [-0.25, -0.2) is 4.98 Å². The van der Waals surface area contributed by atoms with E-state index in [2.05, 4.69) is 23.4 Å². The molecule has 3 heterocycles. The number of pyridine rings is 2. The third kappa shape index (κ3) is 5.26. The Morgan fingerprint density at radius 2 is 1.77 bits per heavy atom. The molecule has 2 aromatic carbocycles. The number of halogens is 1. The normalized spacial score (nSPS) is 11.9.